The molecule has 0 amide bonds. The summed E-state index contributed by atoms with van der Waals surface area (Å²) in [6.45, 7) is 2.63. The Balaban J connectivity index is 1.93. The number of imidazole rings is 1. The molecule has 0 atom stereocenters. The molecule has 0 aliphatic carbocycles. The number of nitrogens with one attached hydrogen (secondary N) is 1. The molecule has 0 bridgehead atoms. The van der Waals surface area contributed by atoms with Gasteiger partial charge in [-0.25, -0.2) is 17.7 Å². The third-order valence-electron chi connectivity index (χ3n) is 3.60. The lowest BCUT2D eigenvalue weighted by Gasteiger charge is -2.13. The Morgan fingerprint density at radius 3 is 2.57 bits per heavy atom. The molecule has 0 saturated heterocycles. The van der Waals surface area contributed by atoms with Crippen molar-refractivity contribution in [3.63, 3.8) is 0 Å². The molecule has 7 heteroatoms. The number of nitrogens with zero attached hydrogens (tertiary/aromatic N) is 3. The number of fused-ring (bicyclic) bond motifs is 1. The van der Waals surface area contributed by atoms with E-state index in [0.717, 1.165) is 36.7 Å². The Labute approximate surface area is 124 Å². The van der Waals surface area contributed by atoms with E-state index in [9.17, 15) is 8.42 Å². The molecule has 0 spiro atoms. The summed E-state index contributed by atoms with van der Waals surface area (Å²) in [5.74, 6) is 1.02. The van der Waals surface area contributed by atoms with Gasteiger partial charge in [0.2, 0.25) is 10.0 Å². The minimum atomic E-state index is -3.38. The number of hydrogen-bond donors (Lipinski definition) is 1. The van der Waals surface area contributed by atoms with E-state index in [1.54, 1.807) is 24.3 Å². The van der Waals surface area contributed by atoms with Crippen LogP contribution in [0, 0.1) is 0 Å². The molecule has 0 saturated carbocycles. The molecule has 0 unspecified atom stereocenters. The van der Waals surface area contributed by atoms with Crippen LogP contribution in [0.2, 0.25) is 0 Å². The predicted octanol–water partition coefficient (Wildman–Crippen LogP) is 0.904. The number of sulfonamides is 1. The molecule has 1 aliphatic rings. The lowest BCUT2D eigenvalue weighted by molar-refractivity contribution is 0.505. The van der Waals surface area contributed by atoms with Gasteiger partial charge in [-0.3, -0.25) is 0 Å². The predicted molar refractivity (Wildman–Crippen MR) is 80.2 cm³/mol. The van der Waals surface area contributed by atoms with Crippen LogP contribution in [0.15, 0.2) is 35.4 Å². The largest absolute Gasteiger partial charge is 0.332 e. The van der Waals surface area contributed by atoms with Crippen molar-refractivity contribution in [3.8, 4) is 11.3 Å². The number of benzene rings is 1. The van der Waals surface area contributed by atoms with Gasteiger partial charge < -0.3 is 9.88 Å². The van der Waals surface area contributed by atoms with E-state index in [1.807, 2.05) is 6.20 Å². The average molecular weight is 306 g/mol. The molecule has 1 aromatic carbocycles. The van der Waals surface area contributed by atoms with E-state index in [0.29, 0.717) is 4.90 Å². The van der Waals surface area contributed by atoms with Gasteiger partial charge in [0.1, 0.15) is 5.82 Å². The van der Waals surface area contributed by atoms with Crippen LogP contribution in [0.25, 0.3) is 11.3 Å². The summed E-state index contributed by atoms with van der Waals surface area (Å²) in [5.41, 5.74) is 1.80. The van der Waals surface area contributed by atoms with Crippen LogP contribution in [0.1, 0.15) is 5.82 Å². The zero-order chi connectivity index (χ0) is 15.0. The molecule has 2 aromatic rings. The van der Waals surface area contributed by atoms with E-state index >= 15 is 0 Å². The molecule has 2 heterocycles. The third-order valence-corrected chi connectivity index (χ3v) is 5.43. The van der Waals surface area contributed by atoms with Gasteiger partial charge >= 0.3 is 0 Å². The summed E-state index contributed by atoms with van der Waals surface area (Å²) in [6, 6.07) is 6.86. The van der Waals surface area contributed by atoms with Gasteiger partial charge in [-0.05, 0) is 12.1 Å². The van der Waals surface area contributed by atoms with Crippen molar-refractivity contribution in [1.82, 2.24) is 19.2 Å². The van der Waals surface area contributed by atoms with Crippen LogP contribution >= 0.6 is 0 Å². The fraction of sp³-hybridized carbons (Fsp3) is 0.357. The zero-order valence-electron chi connectivity index (χ0n) is 12.1. The number of hydrogen-bond acceptors (Lipinski definition) is 4. The van der Waals surface area contributed by atoms with E-state index < -0.39 is 10.0 Å². The summed E-state index contributed by atoms with van der Waals surface area (Å²) in [6.07, 6.45) is 2.02. The maximum atomic E-state index is 12.0. The summed E-state index contributed by atoms with van der Waals surface area (Å²) in [5, 5.41) is 3.28. The summed E-state index contributed by atoms with van der Waals surface area (Å²) in [4.78, 5) is 4.88. The number of rotatable bonds is 3. The van der Waals surface area contributed by atoms with Gasteiger partial charge in [0.15, 0.2) is 0 Å². The first kappa shape index (κ1) is 14.2. The van der Waals surface area contributed by atoms with Crippen molar-refractivity contribution in [2.24, 2.45) is 0 Å². The highest BCUT2D eigenvalue weighted by Crippen LogP contribution is 2.22. The molecule has 112 valence electrons. The van der Waals surface area contributed by atoms with Crippen molar-refractivity contribution in [3.05, 3.63) is 36.3 Å². The average Bonchev–Trinajstić information content (AvgIpc) is 2.91. The first-order valence-corrected chi connectivity index (χ1v) is 8.22. The van der Waals surface area contributed by atoms with Crippen molar-refractivity contribution >= 4 is 10.0 Å². The monoisotopic (exact) mass is 306 g/mol. The fourth-order valence-electron chi connectivity index (χ4n) is 2.34. The SMILES string of the molecule is CN(C)S(=O)(=O)c1ccc(-c2cn3c(n2)CNCC3)cc1. The Morgan fingerprint density at radius 2 is 1.95 bits per heavy atom. The molecule has 1 N–H and O–H groups in total. The highest BCUT2D eigenvalue weighted by molar-refractivity contribution is 7.89. The van der Waals surface area contributed by atoms with Crippen molar-refractivity contribution in [2.45, 2.75) is 18.0 Å². The van der Waals surface area contributed by atoms with Gasteiger partial charge in [0.05, 0.1) is 17.1 Å². The zero-order valence-corrected chi connectivity index (χ0v) is 12.9. The second-order valence-corrected chi connectivity index (χ2v) is 7.38. The molecule has 1 aliphatic heterocycles. The second-order valence-electron chi connectivity index (χ2n) is 5.22. The Bertz CT molecular complexity index is 724. The van der Waals surface area contributed by atoms with E-state index in [4.69, 9.17) is 0 Å². The Morgan fingerprint density at radius 1 is 1.24 bits per heavy atom. The van der Waals surface area contributed by atoms with Crippen LogP contribution in [-0.2, 0) is 23.1 Å². The van der Waals surface area contributed by atoms with E-state index in [1.165, 1.54) is 18.4 Å². The fourth-order valence-corrected chi connectivity index (χ4v) is 3.24. The smallest absolute Gasteiger partial charge is 0.242 e. The van der Waals surface area contributed by atoms with Gasteiger partial charge in [0.25, 0.3) is 0 Å². The highest BCUT2D eigenvalue weighted by atomic mass is 32.2. The first-order valence-electron chi connectivity index (χ1n) is 6.78. The maximum Gasteiger partial charge on any atom is 0.242 e. The van der Waals surface area contributed by atoms with E-state index in [-0.39, 0.29) is 0 Å². The van der Waals surface area contributed by atoms with Crippen molar-refractivity contribution < 1.29 is 8.42 Å². The minimum absolute atomic E-state index is 0.293. The van der Waals surface area contributed by atoms with Gasteiger partial charge in [-0.1, -0.05) is 12.1 Å². The van der Waals surface area contributed by atoms with Crippen LogP contribution in [-0.4, -0.2) is 42.9 Å². The quantitative estimate of drug-likeness (QED) is 0.915. The van der Waals surface area contributed by atoms with E-state index in [2.05, 4.69) is 14.9 Å². The molecule has 3 rings (SSSR count). The third kappa shape index (κ3) is 2.59. The Hall–Kier alpha value is -1.70. The summed E-state index contributed by atoms with van der Waals surface area (Å²) >= 11 is 0. The van der Waals surface area contributed by atoms with Crippen molar-refractivity contribution in [2.75, 3.05) is 20.6 Å². The standard InChI is InChI=1S/C14H18N4O2S/c1-17(2)21(19,20)12-5-3-11(4-6-12)13-10-18-8-7-15-9-14(18)16-13/h3-6,10,15H,7-9H2,1-2H3. The van der Waals surface area contributed by atoms with Crippen molar-refractivity contribution in [1.29, 1.82) is 0 Å². The summed E-state index contributed by atoms with van der Waals surface area (Å²) < 4.78 is 27.4. The number of aromatic nitrogens is 2. The van der Waals surface area contributed by atoms with Crippen LogP contribution < -0.4 is 5.32 Å². The molecule has 0 fully saturated rings. The highest BCUT2D eigenvalue weighted by Gasteiger charge is 2.17. The molecule has 0 radical (unpaired) electrons. The van der Waals surface area contributed by atoms with Crippen LogP contribution in [0.3, 0.4) is 0 Å². The molecular formula is C14H18N4O2S. The minimum Gasteiger partial charge on any atom is -0.332 e. The van der Waals surface area contributed by atoms with Gasteiger partial charge in [-0.2, -0.15) is 0 Å². The van der Waals surface area contributed by atoms with Gasteiger partial charge in [0, 0.05) is 38.9 Å². The molecular weight excluding hydrogens is 288 g/mol. The Kier molecular flexibility index (Phi) is 3.56. The molecule has 1 aromatic heterocycles. The lowest BCUT2D eigenvalue weighted by Crippen LogP contribution is -2.27. The second kappa shape index (κ2) is 5.25. The van der Waals surface area contributed by atoms with Crippen LogP contribution in [0.4, 0.5) is 0 Å². The first-order chi connectivity index (χ1) is 9.98. The summed E-state index contributed by atoms with van der Waals surface area (Å²) in [7, 11) is -0.325. The van der Waals surface area contributed by atoms with Crippen LogP contribution in [0.5, 0.6) is 0 Å². The molecule has 21 heavy (non-hydrogen) atoms. The topological polar surface area (TPSA) is 67.2 Å². The maximum absolute atomic E-state index is 12.0. The molecule has 6 nitrogen and oxygen atoms in total. The normalized spacial score (nSPS) is 15.2. The lowest BCUT2D eigenvalue weighted by atomic mass is 10.2. The van der Waals surface area contributed by atoms with Gasteiger partial charge in [-0.15, -0.1) is 0 Å².